The van der Waals surface area contributed by atoms with Crippen molar-refractivity contribution in [2.24, 2.45) is 5.41 Å². The SMILES string of the molecule is CCC(CC)(CCO)CNC(=O)NCc1ccccc1Cl. The number of halogens is 1. The Labute approximate surface area is 131 Å². The van der Waals surface area contributed by atoms with Crippen LogP contribution in [-0.4, -0.2) is 24.3 Å². The van der Waals surface area contributed by atoms with Crippen molar-refractivity contribution in [3.63, 3.8) is 0 Å². The summed E-state index contributed by atoms with van der Waals surface area (Å²) in [4.78, 5) is 11.9. The Kier molecular flexibility index (Phi) is 7.54. The van der Waals surface area contributed by atoms with E-state index in [1.165, 1.54) is 0 Å². The van der Waals surface area contributed by atoms with Crippen LogP contribution in [0.3, 0.4) is 0 Å². The van der Waals surface area contributed by atoms with Gasteiger partial charge in [-0.25, -0.2) is 4.79 Å². The lowest BCUT2D eigenvalue weighted by molar-refractivity contribution is 0.163. The van der Waals surface area contributed by atoms with Crippen LogP contribution in [-0.2, 0) is 6.54 Å². The second-order valence-electron chi connectivity index (χ2n) is 5.31. The molecule has 0 aliphatic carbocycles. The van der Waals surface area contributed by atoms with E-state index in [4.69, 9.17) is 16.7 Å². The molecule has 0 aliphatic heterocycles. The highest BCUT2D eigenvalue weighted by atomic mass is 35.5. The first-order chi connectivity index (χ1) is 10.1. The Bertz CT molecular complexity index is 448. The summed E-state index contributed by atoms with van der Waals surface area (Å²) in [5.41, 5.74) is 0.859. The lowest BCUT2D eigenvalue weighted by Crippen LogP contribution is -2.42. The van der Waals surface area contributed by atoms with E-state index in [-0.39, 0.29) is 18.1 Å². The second-order valence-corrected chi connectivity index (χ2v) is 5.72. The molecule has 118 valence electrons. The van der Waals surface area contributed by atoms with Gasteiger partial charge in [0, 0.05) is 24.7 Å². The van der Waals surface area contributed by atoms with Crippen LogP contribution in [0.2, 0.25) is 5.02 Å². The van der Waals surface area contributed by atoms with E-state index in [0.717, 1.165) is 18.4 Å². The van der Waals surface area contributed by atoms with Crippen molar-refractivity contribution >= 4 is 17.6 Å². The summed E-state index contributed by atoms with van der Waals surface area (Å²) in [6.07, 6.45) is 2.55. The van der Waals surface area contributed by atoms with Crippen molar-refractivity contribution in [2.75, 3.05) is 13.2 Å². The minimum atomic E-state index is -0.209. The van der Waals surface area contributed by atoms with Gasteiger partial charge in [0.25, 0.3) is 0 Å². The highest BCUT2D eigenvalue weighted by Crippen LogP contribution is 2.29. The van der Waals surface area contributed by atoms with Crippen molar-refractivity contribution in [3.8, 4) is 0 Å². The largest absolute Gasteiger partial charge is 0.396 e. The molecule has 0 aromatic heterocycles. The van der Waals surface area contributed by atoms with Crippen molar-refractivity contribution in [1.29, 1.82) is 0 Å². The fourth-order valence-corrected chi connectivity index (χ4v) is 2.53. The second kappa shape index (κ2) is 8.90. The summed E-state index contributed by atoms with van der Waals surface area (Å²) in [6, 6.07) is 7.23. The summed E-state index contributed by atoms with van der Waals surface area (Å²) in [5.74, 6) is 0. The quantitative estimate of drug-likeness (QED) is 0.689. The molecule has 0 heterocycles. The minimum Gasteiger partial charge on any atom is -0.396 e. The fourth-order valence-electron chi connectivity index (χ4n) is 2.33. The predicted molar refractivity (Wildman–Crippen MR) is 86.4 cm³/mol. The van der Waals surface area contributed by atoms with Crippen LogP contribution in [0.4, 0.5) is 4.79 Å². The maximum absolute atomic E-state index is 11.9. The Morgan fingerprint density at radius 1 is 1.24 bits per heavy atom. The van der Waals surface area contributed by atoms with Crippen molar-refractivity contribution in [3.05, 3.63) is 34.9 Å². The Morgan fingerprint density at radius 3 is 2.48 bits per heavy atom. The topological polar surface area (TPSA) is 61.4 Å². The molecule has 0 fully saturated rings. The van der Waals surface area contributed by atoms with E-state index in [1.54, 1.807) is 6.07 Å². The molecule has 1 aromatic carbocycles. The molecule has 0 spiro atoms. The van der Waals surface area contributed by atoms with E-state index in [2.05, 4.69) is 24.5 Å². The molecule has 0 bridgehead atoms. The van der Waals surface area contributed by atoms with Gasteiger partial charge in [0.1, 0.15) is 0 Å². The van der Waals surface area contributed by atoms with Gasteiger partial charge in [0.2, 0.25) is 0 Å². The Balaban J connectivity index is 2.45. The number of aliphatic hydroxyl groups excluding tert-OH is 1. The van der Waals surface area contributed by atoms with Crippen LogP contribution in [0.1, 0.15) is 38.7 Å². The zero-order chi connectivity index (χ0) is 15.7. The first kappa shape index (κ1) is 17.8. The molecular weight excluding hydrogens is 288 g/mol. The molecule has 21 heavy (non-hydrogen) atoms. The van der Waals surface area contributed by atoms with Crippen LogP contribution in [0.25, 0.3) is 0 Å². The molecule has 5 heteroatoms. The number of carbonyl (C=O) groups excluding carboxylic acids is 1. The summed E-state index contributed by atoms with van der Waals surface area (Å²) < 4.78 is 0. The molecule has 1 aromatic rings. The van der Waals surface area contributed by atoms with Gasteiger partial charge in [0.15, 0.2) is 0 Å². The molecule has 0 unspecified atom stereocenters. The van der Waals surface area contributed by atoms with Crippen LogP contribution in [0.5, 0.6) is 0 Å². The number of benzene rings is 1. The normalized spacial score (nSPS) is 11.2. The monoisotopic (exact) mass is 312 g/mol. The Hall–Kier alpha value is -1.26. The van der Waals surface area contributed by atoms with Crippen LogP contribution < -0.4 is 10.6 Å². The third-order valence-electron chi connectivity index (χ3n) is 4.16. The van der Waals surface area contributed by atoms with Crippen LogP contribution in [0.15, 0.2) is 24.3 Å². The molecule has 1 rings (SSSR count). The minimum absolute atomic E-state index is 0.0313. The zero-order valence-corrected chi connectivity index (χ0v) is 13.5. The highest BCUT2D eigenvalue weighted by Gasteiger charge is 2.25. The first-order valence-corrected chi connectivity index (χ1v) is 7.80. The summed E-state index contributed by atoms with van der Waals surface area (Å²) in [6.45, 7) is 5.28. The number of carbonyl (C=O) groups is 1. The lowest BCUT2D eigenvalue weighted by Gasteiger charge is -2.31. The zero-order valence-electron chi connectivity index (χ0n) is 12.8. The van der Waals surface area contributed by atoms with Gasteiger partial charge in [-0.3, -0.25) is 0 Å². The van der Waals surface area contributed by atoms with Gasteiger partial charge in [-0.1, -0.05) is 43.6 Å². The van der Waals surface area contributed by atoms with E-state index >= 15 is 0 Å². The highest BCUT2D eigenvalue weighted by molar-refractivity contribution is 6.31. The number of hydrogen-bond donors (Lipinski definition) is 3. The first-order valence-electron chi connectivity index (χ1n) is 7.43. The number of hydrogen-bond acceptors (Lipinski definition) is 2. The molecular formula is C16H25ClN2O2. The summed E-state index contributed by atoms with van der Waals surface area (Å²) >= 11 is 6.04. The maximum Gasteiger partial charge on any atom is 0.315 e. The molecule has 0 saturated heterocycles. The number of urea groups is 1. The van der Waals surface area contributed by atoms with Crippen LogP contribution >= 0.6 is 11.6 Å². The molecule has 0 saturated carbocycles. The van der Waals surface area contributed by atoms with Gasteiger partial charge in [-0.15, -0.1) is 0 Å². The van der Waals surface area contributed by atoms with E-state index in [0.29, 0.717) is 24.5 Å². The number of rotatable bonds is 8. The molecule has 0 aliphatic rings. The lowest BCUT2D eigenvalue weighted by atomic mass is 9.79. The van der Waals surface area contributed by atoms with Crippen molar-refractivity contribution in [2.45, 2.75) is 39.7 Å². The van der Waals surface area contributed by atoms with Gasteiger partial charge in [-0.05, 0) is 36.3 Å². The van der Waals surface area contributed by atoms with E-state index in [1.807, 2.05) is 18.2 Å². The number of aliphatic hydroxyl groups is 1. The third kappa shape index (κ3) is 5.56. The molecule has 4 nitrogen and oxygen atoms in total. The molecule has 0 atom stereocenters. The average Bonchev–Trinajstić information content (AvgIpc) is 2.51. The number of nitrogens with one attached hydrogen (secondary N) is 2. The van der Waals surface area contributed by atoms with E-state index in [9.17, 15) is 4.79 Å². The average molecular weight is 313 g/mol. The third-order valence-corrected chi connectivity index (χ3v) is 4.53. The standard InChI is InChI=1S/C16H25ClN2O2/c1-3-16(4-2,9-10-20)12-19-15(21)18-11-13-7-5-6-8-14(13)17/h5-8,20H,3-4,9-12H2,1-2H3,(H2,18,19,21). The van der Waals surface area contributed by atoms with Crippen molar-refractivity contribution < 1.29 is 9.90 Å². The van der Waals surface area contributed by atoms with Crippen LogP contribution in [0, 0.1) is 5.41 Å². The predicted octanol–water partition coefficient (Wildman–Crippen LogP) is 3.33. The number of amides is 2. The molecule has 0 radical (unpaired) electrons. The fraction of sp³-hybridized carbons (Fsp3) is 0.562. The van der Waals surface area contributed by atoms with Gasteiger partial charge >= 0.3 is 6.03 Å². The molecule has 2 amide bonds. The van der Waals surface area contributed by atoms with Gasteiger partial charge in [-0.2, -0.15) is 0 Å². The smallest absolute Gasteiger partial charge is 0.315 e. The summed E-state index contributed by atoms with van der Waals surface area (Å²) in [7, 11) is 0. The van der Waals surface area contributed by atoms with Crippen molar-refractivity contribution in [1.82, 2.24) is 10.6 Å². The maximum atomic E-state index is 11.9. The Morgan fingerprint density at radius 2 is 1.90 bits per heavy atom. The van der Waals surface area contributed by atoms with Gasteiger partial charge in [0.05, 0.1) is 0 Å². The molecule has 3 N–H and O–H groups in total. The summed E-state index contributed by atoms with van der Waals surface area (Å²) in [5, 5.41) is 15.5. The van der Waals surface area contributed by atoms with Gasteiger partial charge < -0.3 is 15.7 Å². The van der Waals surface area contributed by atoms with E-state index < -0.39 is 0 Å².